The van der Waals surface area contributed by atoms with Crippen molar-refractivity contribution in [3.63, 3.8) is 0 Å². The van der Waals surface area contributed by atoms with Crippen molar-refractivity contribution in [2.24, 2.45) is 5.92 Å². The van der Waals surface area contributed by atoms with E-state index in [9.17, 15) is 0 Å². The van der Waals surface area contributed by atoms with Gasteiger partial charge in [0, 0.05) is 54.7 Å². The topological polar surface area (TPSA) is 17.8 Å². The molecule has 0 amide bonds. The van der Waals surface area contributed by atoms with Gasteiger partial charge in [0.2, 0.25) is 0 Å². The van der Waals surface area contributed by atoms with Gasteiger partial charge in [-0.15, -0.1) is 35.4 Å². The zero-order valence-corrected chi connectivity index (χ0v) is 22.3. The molecule has 0 saturated heterocycles. The van der Waals surface area contributed by atoms with Crippen LogP contribution in [0.2, 0.25) is 0 Å². The van der Waals surface area contributed by atoms with Gasteiger partial charge in [-0.1, -0.05) is 75.6 Å². The Morgan fingerprint density at radius 1 is 0.853 bits per heavy atom. The van der Waals surface area contributed by atoms with E-state index in [0.717, 1.165) is 17.8 Å². The Kier molecular flexibility index (Phi) is 7.98. The molecule has 2 nitrogen and oxygen atoms in total. The van der Waals surface area contributed by atoms with Crippen LogP contribution in [-0.4, -0.2) is 9.55 Å². The number of hydrogen-bond donors (Lipinski definition) is 0. The van der Waals surface area contributed by atoms with Crippen molar-refractivity contribution < 1.29 is 20.1 Å². The van der Waals surface area contributed by atoms with Crippen LogP contribution in [0.1, 0.15) is 39.5 Å². The van der Waals surface area contributed by atoms with Crippen LogP contribution in [0.25, 0.3) is 44.2 Å². The van der Waals surface area contributed by atoms with Crippen molar-refractivity contribution in [1.82, 2.24) is 9.55 Å². The number of unbranched alkanes of at least 4 members (excludes halogenated alkanes) is 1. The van der Waals surface area contributed by atoms with Crippen LogP contribution in [0.15, 0.2) is 85.1 Å². The third-order valence-corrected chi connectivity index (χ3v) is 6.83. The van der Waals surface area contributed by atoms with Gasteiger partial charge in [0.1, 0.15) is 0 Å². The minimum Gasteiger partial charge on any atom is -0.340 e. The molecule has 0 fully saturated rings. The Bertz CT molecular complexity index is 1370. The zero-order valence-electron chi connectivity index (χ0n) is 19.9. The molecule has 1 atom stereocenters. The molecule has 2 heterocycles. The first-order valence-corrected chi connectivity index (χ1v) is 12.2. The quantitative estimate of drug-likeness (QED) is 0.159. The second kappa shape index (κ2) is 11.1. The van der Waals surface area contributed by atoms with Crippen LogP contribution in [0.3, 0.4) is 0 Å². The molecule has 0 saturated carbocycles. The number of pyridine rings is 1. The van der Waals surface area contributed by atoms with Gasteiger partial charge < -0.3 is 9.55 Å². The van der Waals surface area contributed by atoms with E-state index in [2.05, 4.69) is 84.1 Å². The number of para-hydroxylation sites is 1. The van der Waals surface area contributed by atoms with Gasteiger partial charge in [0.05, 0.1) is 0 Å². The summed E-state index contributed by atoms with van der Waals surface area (Å²) in [6.45, 7) is 5.70. The summed E-state index contributed by atoms with van der Waals surface area (Å²) in [5.74, 6) is 0.703. The smallest absolute Gasteiger partial charge is 0.0497 e. The van der Waals surface area contributed by atoms with Crippen molar-refractivity contribution in [3.8, 4) is 22.4 Å². The first-order valence-electron chi connectivity index (χ1n) is 12.2. The fourth-order valence-electron chi connectivity index (χ4n) is 4.92. The normalized spacial score (nSPS) is 12.1. The third-order valence-electron chi connectivity index (χ3n) is 6.83. The van der Waals surface area contributed by atoms with E-state index in [4.69, 9.17) is 0 Å². The largest absolute Gasteiger partial charge is 0.340 e. The Morgan fingerprint density at radius 3 is 2.44 bits per heavy atom. The third kappa shape index (κ3) is 4.87. The van der Waals surface area contributed by atoms with Gasteiger partial charge in [0.15, 0.2) is 0 Å². The molecule has 2 aromatic heterocycles. The first kappa shape index (κ1) is 24.4. The van der Waals surface area contributed by atoms with Crippen LogP contribution < -0.4 is 0 Å². The van der Waals surface area contributed by atoms with Crippen LogP contribution in [0.4, 0.5) is 0 Å². The van der Waals surface area contributed by atoms with E-state index >= 15 is 0 Å². The van der Waals surface area contributed by atoms with Gasteiger partial charge >= 0.3 is 0 Å². The number of hydrogen-bond acceptors (Lipinski definition) is 1. The maximum atomic E-state index is 4.51. The molecule has 5 rings (SSSR count). The number of nitrogens with zero attached hydrogens (tertiary/aromatic N) is 2. The summed E-state index contributed by atoms with van der Waals surface area (Å²) in [6, 6.07) is 31.5. The summed E-state index contributed by atoms with van der Waals surface area (Å²) < 4.78 is 2.56. The zero-order chi connectivity index (χ0) is 22.6. The molecule has 5 aromatic rings. The van der Waals surface area contributed by atoms with Crippen molar-refractivity contribution in [2.75, 3.05) is 0 Å². The Morgan fingerprint density at radius 2 is 1.65 bits per heavy atom. The monoisotopic (exact) mass is 624 g/mol. The molecular weight excluding hydrogens is 593 g/mol. The van der Waals surface area contributed by atoms with E-state index in [1.54, 1.807) is 0 Å². The predicted molar refractivity (Wildman–Crippen MR) is 140 cm³/mol. The summed E-state index contributed by atoms with van der Waals surface area (Å²) in [5.41, 5.74) is 7.09. The molecule has 175 valence electrons. The average molecular weight is 624 g/mol. The van der Waals surface area contributed by atoms with Crippen molar-refractivity contribution in [3.05, 3.63) is 91.1 Å². The van der Waals surface area contributed by atoms with Gasteiger partial charge in [-0.05, 0) is 41.8 Å². The number of rotatable bonds is 8. The van der Waals surface area contributed by atoms with Crippen molar-refractivity contribution in [1.29, 1.82) is 0 Å². The Labute approximate surface area is 216 Å². The Hall–Kier alpha value is -2.74. The predicted octanol–water partition coefficient (Wildman–Crippen LogP) is 8.54. The summed E-state index contributed by atoms with van der Waals surface area (Å²) in [4.78, 5) is 4.51. The van der Waals surface area contributed by atoms with Crippen LogP contribution in [-0.2, 0) is 26.7 Å². The first-order chi connectivity index (χ1) is 16.3. The molecule has 0 aliphatic rings. The van der Waals surface area contributed by atoms with Gasteiger partial charge in [-0.2, -0.15) is 0 Å². The maximum Gasteiger partial charge on any atom is 0.0497 e. The minimum absolute atomic E-state index is 0. The second-order valence-electron chi connectivity index (χ2n) is 8.98. The average Bonchev–Trinajstić information content (AvgIpc) is 3.20. The van der Waals surface area contributed by atoms with E-state index < -0.39 is 0 Å². The molecule has 1 unspecified atom stereocenters. The van der Waals surface area contributed by atoms with Crippen LogP contribution in [0.5, 0.6) is 0 Å². The van der Waals surface area contributed by atoms with E-state index in [0.29, 0.717) is 5.92 Å². The number of aromatic nitrogens is 2. The van der Waals surface area contributed by atoms with Gasteiger partial charge in [-0.25, -0.2) is 0 Å². The summed E-state index contributed by atoms with van der Waals surface area (Å²) in [7, 11) is 0. The maximum absolute atomic E-state index is 4.51. The number of fused-ring (bicyclic) bond motifs is 3. The molecule has 0 spiro atoms. The molecule has 0 N–H and O–H groups in total. The fourth-order valence-corrected chi connectivity index (χ4v) is 4.92. The molecule has 0 bridgehead atoms. The molecule has 0 aliphatic heterocycles. The minimum atomic E-state index is 0. The number of benzene rings is 3. The molecule has 34 heavy (non-hydrogen) atoms. The molecule has 0 aliphatic carbocycles. The van der Waals surface area contributed by atoms with Crippen LogP contribution >= 0.6 is 0 Å². The van der Waals surface area contributed by atoms with Crippen molar-refractivity contribution in [2.45, 2.75) is 46.1 Å². The summed E-state index contributed by atoms with van der Waals surface area (Å²) in [5, 5.41) is 2.69. The SMILES string of the molecule is CCCCC(CC)Cn1c2ccccc2c2ccc(-c3cc[c-]c(-c4ccccn4)c3)cc21.[Ir]. The van der Waals surface area contributed by atoms with E-state index in [1.165, 1.54) is 58.6 Å². The standard InChI is InChI=1S/C31H31N2.Ir/c1-3-5-11-23(4-2)22-33-30-16-7-6-14-27(30)28-18-17-25(21-31(28)33)24-12-10-13-26(20-24)29-15-8-9-19-32-29;/h6-10,12,14-21,23H,3-5,11,22H2,1-2H3;/q-1;. The van der Waals surface area contributed by atoms with Gasteiger partial charge in [0.25, 0.3) is 0 Å². The van der Waals surface area contributed by atoms with E-state index in [-0.39, 0.29) is 20.1 Å². The Balaban J connectivity index is 0.00000274. The van der Waals surface area contributed by atoms with Crippen LogP contribution in [0, 0.1) is 12.0 Å². The van der Waals surface area contributed by atoms with Crippen molar-refractivity contribution >= 4 is 21.8 Å². The summed E-state index contributed by atoms with van der Waals surface area (Å²) >= 11 is 0. The molecule has 3 heteroatoms. The van der Waals surface area contributed by atoms with E-state index in [1.807, 2.05) is 30.5 Å². The second-order valence-corrected chi connectivity index (χ2v) is 8.98. The fraction of sp³-hybridized carbons (Fsp3) is 0.258. The molecule has 3 aromatic carbocycles. The summed E-state index contributed by atoms with van der Waals surface area (Å²) in [6.07, 6.45) is 6.91. The molecule has 1 radical (unpaired) electrons. The molecular formula is C31H31IrN2-. The van der Waals surface area contributed by atoms with Gasteiger partial charge in [-0.3, -0.25) is 0 Å².